The van der Waals surface area contributed by atoms with Crippen molar-refractivity contribution in [3.05, 3.63) is 46.7 Å². The Balaban J connectivity index is 2.11. The zero-order chi connectivity index (χ0) is 15.2. The van der Waals surface area contributed by atoms with Gasteiger partial charge in [-0.1, -0.05) is 6.92 Å². The molecule has 0 saturated heterocycles. The Morgan fingerprint density at radius 2 is 2.05 bits per heavy atom. The van der Waals surface area contributed by atoms with Gasteiger partial charge in [-0.3, -0.25) is 4.79 Å². The van der Waals surface area contributed by atoms with Gasteiger partial charge in [-0.2, -0.15) is 11.3 Å². The minimum Gasteiger partial charge on any atom is -0.326 e. The Morgan fingerprint density at radius 1 is 1.33 bits per heavy atom. The van der Waals surface area contributed by atoms with Gasteiger partial charge in [-0.05, 0) is 53.1 Å². The van der Waals surface area contributed by atoms with Gasteiger partial charge in [0, 0.05) is 23.5 Å². The van der Waals surface area contributed by atoms with Crippen molar-refractivity contribution >= 4 is 34.7 Å². The molecule has 3 nitrogen and oxygen atoms in total. The summed E-state index contributed by atoms with van der Waals surface area (Å²) in [6, 6.07) is 10.2. The van der Waals surface area contributed by atoms with Gasteiger partial charge < -0.3 is 11.1 Å². The fourth-order valence-corrected chi connectivity index (χ4v) is 4.04. The summed E-state index contributed by atoms with van der Waals surface area (Å²) in [4.78, 5) is 12.2. The summed E-state index contributed by atoms with van der Waals surface area (Å²) in [5.74, 6) is -0.0560. The first-order valence-electron chi connectivity index (χ1n) is 6.92. The molecule has 0 aliphatic carbocycles. The van der Waals surface area contributed by atoms with Crippen LogP contribution < -0.4 is 11.1 Å². The zero-order valence-electron chi connectivity index (χ0n) is 12.2. The normalized spacial score (nSPS) is 13.7. The van der Waals surface area contributed by atoms with Crippen LogP contribution in [0.15, 0.2) is 46.0 Å². The molecule has 112 valence electrons. The summed E-state index contributed by atoms with van der Waals surface area (Å²) < 4.78 is 0. The molecular formula is C16H20N2OS2. The monoisotopic (exact) mass is 320 g/mol. The van der Waals surface area contributed by atoms with Crippen LogP contribution in [-0.2, 0) is 4.79 Å². The van der Waals surface area contributed by atoms with E-state index in [1.807, 2.05) is 24.3 Å². The smallest absolute Gasteiger partial charge is 0.221 e. The topological polar surface area (TPSA) is 55.1 Å². The number of nitrogens with one attached hydrogen (secondary N) is 1. The fourth-order valence-electron chi connectivity index (χ4n) is 2.02. The van der Waals surface area contributed by atoms with E-state index in [2.05, 4.69) is 29.1 Å². The molecule has 1 aromatic carbocycles. The van der Waals surface area contributed by atoms with Crippen LogP contribution in [0, 0.1) is 0 Å². The van der Waals surface area contributed by atoms with Crippen LogP contribution in [0.25, 0.3) is 0 Å². The molecule has 0 bridgehead atoms. The highest BCUT2D eigenvalue weighted by Crippen LogP contribution is 2.39. The molecule has 0 radical (unpaired) electrons. The highest BCUT2D eigenvalue weighted by molar-refractivity contribution is 7.99. The Hall–Kier alpha value is -1.30. The molecule has 3 N–H and O–H groups in total. The molecule has 0 spiro atoms. The van der Waals surface area contributed by atoms with Crippen LogP contribution in [0.2, 0.25) is 0 Å². The third-order valence-corrected chi connectivity index (χ3v) is 5.29. The number of anilines is 1. The second-order valence-electron chi connectivity index (χ2n) is 4.87. The first-order chi connectivity index (χ1) is 10.1. The molecule has 2 aromatic rings. The number of hydrogen-bond acceptors (Lipinski definition) is 4. The van der Waals surface area contributed by atoms with Crippen LogP contribution in [0.4, 0.5) is 5.69 Å². The third-order valence-electron chi connectivity index (χ3n) is 3.17. The van der Waals surface area contributed by atoms with E-state index in [0.29, 0.717) is 0 Å². The Bertz CT molecular complexity index is 566. The van der Waals surface area contributed by atoms with Crippen molar-refractivity contribution < 1.29 is 4.79 Å². The minimum absolute atomic E-state index is 0.0560. The van der Waals surface area contributed by atoms with Crippen molar-refractivity contribution in [3.8, 4) is 0 Å². The molecule has 1 amide bonds. The van der Waals surface area contributed by atoms with E-state index >= 15 is 0 Å². The lowest BCUT2D eigenvalue weighted by Crippen LogP contribution is -2.25. The SMILES string of the molecule is CCC(N)C(Sc1ccc(NC(C)=O)cc1)c1ccsc1. The maximum Gasteiger partial charge on any atom is 0.221 e. The van der Waals surface area contributed by atoms with Gasteiger partial charge in [-0.15, -0.1) is 11.8 Å². The lowest BCUT2D eigenvalue weighted by atomic mass is 10.1. The number of carbonyl (C=O) groups is 1. The van der Waals surface area contributed by atoms with Crippen molar-refractivity contribution in [2.75, 3.05) is 5.32 Å². The lowest BCUT2D eigenvalue weighted by Gasteiger charge is -2.22. The number of rotatable bonds is 6. The maximum absolute atomic E-state index is 11.0. The molecule has 5 heteroatoms. The van der Waals surface area contributed by atoms with E-state index in [4.69, 9.17) is 5.73 Å². The van der Waals surface area contributed by atoms with Gasteiger partial charge in [0.05, 0.1) is 5.25 Å². The second-order valence-corrected chi connectivity index (χ2v) is 6.87. The molecule has 0 aliphatic heterocycles. The third kappa shape index (κ3) is 4.59. The van der Waals surface area contributed by atoms with E-state index in [-0.39, 0.29) is 17.2 Å². The molecular weight excluding hydrogens is 300 g/mol. The fraction of sp³-hybridized carbons (Fsp3) is 0.312. The summed E-state index contributed by atoms with van der Waals surface area (Å²) in [6.07, 6.45) is 0.942. The van der Waals surface area contributed by atoms with Crippen molar-refractivity contribution in [1.29, 1.82) is 0 Å². The largest absolute Gasteiger partial charge is 0.326 e. The zero-order valence-corrected chi connectivity index (χ0v) is 13.8. The van der Waals surface area contributed by atoms with Gasteiger partial charge in [0.15, 0.2) is 0 Å². The summed E-state index contributed by atoms with van der Waals surface area (Å²) >= 11 is 3.47. The van der Waals surface area contributed by atoms with Crippen LogP contribution in [-0.4, -0.2) is 11.9 Å². The number of hydrogen-bond donors (Lipinski definition) is 2. The van der Waals surface area contributed by atoms with Crippen LogP contribution in [0.3, 0.4) is 0 Å². The molecule has 0 saturated carbocycles. The van der Waals surface area contributed by atoms with Crippen LogP contribution in [0.1, 0.15) is 31.1 Å². The van der Waals surface area contributed by atoms with E-state index < -0.39 is 0 Å². The second kappa shape index (κ2) is 7.64. The highest BCUT2D eigenvalue weighted by atomic mass is 32.2. The number of benzene rings is 1. The number of amides is 1. The maximum atomic E-state index is 11.0. The minimum atomic E-state index is -0.0560. The molecule has 2 atom stereocenters. The summed E-state index contributed by atoms with van der Waals surface area (Å²) in [5, 5.41) is 7.29. The molecule has 21 heavy (non-hydrogen) atoms. The van der Waals surface area contributed by atoms with Gasteiger partial charge in [0.1, 0.15) is 0 Å². The standard InChI is InChI=1S/C16H20N2OS2/c1-3-15(17)16(12-8-9-20-10-12)21-14-6-4-13(5-7-14)18-11(2)19/h4-10,15-16H,3,17H2,1-2H3,(H,18,19). The van der Waals surface area contributed by atoms with E-state index in [1.165, 1.54) is 12.5 Å². The number of thiophene rings is 1. The van der Waals surface area contributed by atoms with E-state index in [1.54, 1.807) is 23.1 Å². The van der Waals surface area contributed by atoms with E-state index in [0.717, 1.165) is 17.0 Å². The summed E-state index contributed by atoms with van der Waals surface area (Å²) in [7, 11) is 0. The molecule has 2 unspecified atom stereocenters. The summed E-state index contributed by atoms with van der Waals surface area (Å²) in [5.41, 5.74) is 8.38. The van der Waals surface area contributed by atoms with Crippen molar-refractivity contribution in [2.24, 2.45) is 5.73 Å². The number of thioether (sulfide) groups is 1. The van der Waals surface area contributed by atoms with Crippen molar-refractivity contribution in [1.82, 2.24) is 0 Å². The van der Waals surface area contributed by atoms with Gasteiger partial charge in [0.25, 0.3) is 0 Å². The van der Waals surface area contributed by atoms with Crippen LogP contribution in [0.5, 0.6) is 0 Å². The molecule has 2 rings (SSSR count). The predicted molar refractivity (Wildman–Crippen MR) is 91.9 cm³/mol. The molecule has 0 aliphatic rings. The van der Waals surface area contributed by atoms with Crippen LogP contribution >= 0.6 is 23.1 Å². The van der Waals surface area contributed by atoms with Crippen molar-refractivity contribution in [2.45, 2.75) is 36.5 Å². The average molecular weight is 320 g/mol. The predicted octanol–water partition coefficient (Wildman–Crippen LogP) is 4.28. The Kier molecular flexibility index (Phi) is 5.85. The molecule has 1 heterocycles. The average Bonchev–Trinajstić information content (AvgIpc) is 2.99. The van der Waals surface area contributed by atoms with Crippen molar-refractivity contribution in [3.63, 3.8) is 0 Å². The first kappa shape index (κ1) is 16.1. The number of nitrogens with two attached hydrogens (primary N) is 1. The molecule has 1 aromatic heterocycles. The Morgan fingerprint density at radius 3 is 2.57 bits per heavy atom. The van der Waals surface area contributed by atoms with Gasteiger partial charge >= 0.3 is 0 Å². The lowest BCUT2D eigenvalue weighted by molar-refractivity contribution is -0.114. The quantitative estimate of drug-likeness (QED) is 0.781. The first-order valence-corrected chi connectivity index (χ1v) is 8.74. The van der Waals surface area contributed by atoms with Gasteiger partial charge in [-0.25, -0.2) is 0 Å². The summed E-state index contributed by atoms with van der Waals surface area (Å²) in [6.45, 7) is 3.63. The van der Waals surface area contributed by atoms with Gasteiger partial charge in [0.2, 0.25) is 5.91 Å². The Labute approximate surface area is 133 Å². The highest BCUT2D eigenvalue weighted by Gasteiger charge is 2.20. The molecule has 0 fully saturated rings. The van der Waals surface area contributed by atoms with E-state index in [9.17, 15) is 4.79 Å². The number of carbonyl (C=O) groups excluding carboxylic acids is 1.